The van der Waals surface area contributed by atoms with Crippen LogP contribution < -0.4 is 5.32 Å². The maximum absolute atomic E-state index is 14.0. The van der Waals surface area contributed by atoms with Crippen LogP contribution in [0.15, 0.2) is 18.2 Å². The lowest BCUT2D eigenvalue weighted by Gasteiger charge is -2.31. The Bertz CT molecular complexity index is 400. The topological polar surface area (TPSA) is 12.0 Å². The zero-order valence-electron chi connectivity index (χ0n) is 11.6. The van der Waals surface area contributed by atoms with Crippen molar-refractivity contribution >= 4 is 0 Å². The lowest BCUT2D eigenvalue weighted by atomic mass is 9.81. The minimum Gasteiger partial charge on any atom is -0.310 e. The van der Waals surface area contributed by atoms with E-state index in [4.69, 9.17) is 0 Å². The molecule has 2 rings (SSSR count). The SMILES string of the molecule is CCCNC(c1cc(F)ccc1F)C1CCCCC1. The Hall–Kier alpha value is -0.960. The highest BCUT2D eigenvalue weighted by Gasteiger charge is 2.26. The first-order valence-corrected chi connectivity index (χ1v) is 7.40. The Labute approximate surface area is 114 Å². The highest BCUT2D eigenvalue weighted by atomic mass is 19.1. The first kappa shape index (κ1) is 14.4. The highest BCUT2D eigenvalue weighted by Crippen LogP contribution is 2.35. The van der Waals surface area contributed by atoms with E-state index in [9.17, 15) is 8.78 Å². The molecule has 1 fully saturated rings. The second-order valence-electron chi connectivity index (χ2n) is 5.50. The van der Waals surface area contributed by atoms with Crippen molar-refractivity contribution in [2.24, 2.45) is 5.92 Å². The van der Waals surface area contributed by atoms with Gasteiger partial charge in [-0.25, -0.2) is 8.78 Å². The molecule has 0 aromatic heterocycles. The Morgan fingerprint density at radius 2 is 1.95 bits per heavy atom. The first-order valence-electron chi connectivity index (χ1n) is 7.40. The van der Waals surface area contributed by atoms with Crippen LogP contribution in [0.4, 0.5) is 8.78 Å². The Morgan fingerprint density at radius 3 is 2.63 bits per heavy atom. The highest BCUT2D eigenvalue weighted by molar-refractivity contribution is 5.23. The van der Waals surface area contributed by atoms with Crippen molar-refractivity contribution < 1.29 is 8.78 Å². The third kappa shape index (κ3) is 3.75. The third-order valence-corrected chi connectivity index (χ3v) is 4.03. The Kier molecular flexibility index (Phi) is 5.32. The van der Waals surface area contributed by atoms with Gasteiger partial charge in [-0.2, -0.15) is 0 Å². The van der Waals surface area contributed by atoms with Gasteiger partial charge in [0.1, 0.15) is 11.6 Å². The molecule has 0 radical (unpaired) electrons. The van der Waals surface area contributed by atoms with E-state index in [0.29, 0.717) is 11.5 Å². The average Bonchev–Trinajstić information content (AvgIpc) is 2.44. The number of nitrogens with one attached hydrogen (secondary N) is 1. The fraction of sp³-hybridized carbons (Fsp3) is 0.625. The largest absolute Gasteiger partial charge is 0.310 e. The van der Waals surface area contributed by atoms with E-state index in [1.807, 2.05) is 0 Å². The molecule has 0 spiro atoms. The molecule has 1 aromatic rings. The molecule has 1 aliphatic rings. The maximum atomic E-state index is 14.0. The van der Waals surface area contributed by atoms with Gasteiger partial charge in [0, 0.05) is 11.6 Å². The first-order chi connectivity index (χ1) is 9.22. The van der Waals surface area contributed by atoms with Crippen molar-refractivity contribution in [3.05, 3.63) is 35.4 Å². The lowest BCUT2D eigenvalue weighted by molar-refractivity contribution is 0.266. The zero-order valence-corrected chi connectivity index (χ0v) is 11.6. The summed E-state index contributed by atoms with van der Waals surface area (Å²) in [7, 11) is 0. The second-order valence-corrected chi connectivity index (χ2v) is 5.50. The van der Waals surface area contributed by atoms with Crippen LogP contribution in [0.2, 0.25) is 0 Å². The minimum absolute atomic E-state index is 0.0454. The molecular formula is C16H23F2N. The predicted octanol–water partition coefficient (Wildman–Crippen LogP) is 4.59. The van der Waals surface area contributed by atoms with Gasteiger partial charge in [0.25, 0.3) is 0 Å². The van der Waals surface area contributed by atoms with E-state index >= 15 is 0 Å². The number of hydrogen-bond acceptors (Lipinski definition) is 1. The molecule has 0 bridgehead atoms. The summed E-state index contributed by atoms with van der Waals surface area (Å²) in [6.45, 7) is 2.93. The molecular weight excluding hydrogens is 244 g/mol. The number of benzene rings is 1. The maximum Gasteiger partial charge on any atom is 0.128 e. The predicted molar refractivity (Wildman–Crippen MR) is 74.0 cm³/mol. The normalized spacial score (nSPS) is 18.5. The minimum atomic E-state index is -0.351. The van der Waals surface area contributed by atoms with Gasteiger partial charge in [0.05, 0.1) is 0 Å². The monoisotopic (exact) mass is 267 g/mol. The van der Waals surface area contributed by atoms with Crippen molar-refractivity contribution in [2.45, 2.75) is 51.5 Å². The molecule has 1 atom stereocenters. The van der Waals surface area contributed by atoms with E-state index in [-0.39, 0.29) is 17.7 Å². The number of hydrogen-bond donors (Lipinski definition) is 1. The van der Waals surface area contributed by atoms with Gasteiger partial charge in [-0.15, -0.1) is 0 Å². The summed E-state index contributed by atoms with van der Waals surface area (Å²) in [4.78, 5) is 0. The lowest BCUT2D eigenvalue weighted by Crippen LogP contribution is -2.31. The van der Waals surface area contributed by atoms with Gasteiger partial charge >= 0.3 is 0 Å². The molecule has 3 heteroatoms. The Balaban J connectivity index is 2.22. The van der Waals surface area contributed by atoms with Crippen LogP contribution >= 0.6 is 0 Å². The fourth-order valence-corrected chi connectivity index (χ4v) is 3.05. The quantitative estimate of drug-likeness (QED) is 0.823. The Morgan fingerprint density at radius 1 is 1.21 bits per heavy atom. The van der Waals surface area contributed by atoms with E-state index in [0.717, 1.165) is 25.8 Å². The van der Waals surface area contributed by atoms with Gasteiger partial charge in [0.2, 0.25) is 0 Å². The third-order valence-electron chi connectivity index (χ3n) is 4.03. The molecule has 0 heterocycles. The summed E-state index contributed by atoms with van der Waals surface area (Å²) in [5, 5.41) is 3.42. The second kappa shape index (κ2) is 6.99. The van der Waals surface area contributed by atoms with Crippen molar-refractivity contribution in [1.82, 2.24) is 5.32 Å². The van der Waals surface area contributed by atoms with Gasteiger partial charge in [-0.1, -0.05) is 26.2 Å². The molecule has 1 nitrogen and oxygen atoms in total. The van der Waals surface area contributed by atoms with Gasteiger partial charge < -0.3 is 5.32 Å². The molecule has 106 valence electrons. The molecule has 0 aliphatic heterocycles. The summed E-state index contributed by atoms with van der Waals surface area (Å²) in [6, 6.07) is 3.75. The smallest absolute Gasteiger partial charge is 0.128 e. The van der Waals surface area contributed by atoms with Gasteiger partial charge in [0.15, 0.2) is 0 Å². The standard InChI is InChI=1S/C16H23F2N/c1-2-10-19-16(12-6-4-3-5-7-12)14-11-13(17)8-9-15(14)18/h8-9,11-12,16,19H,2-7,10H2,1H3. The summed E-state index contributed by atoms with van der Waals surface area (Å²) in [5.41, 5.74) is 0.500. The molecule has 1 aromatic carbocycles. The molecule has 1 unspecified atom stereocenters. The van der Waals surface area contributed by atoms with E-state index in [1.54, 1.807) is 0 Å². The average molecular weight is 267 g/mol. The van der Waals surface area contributed by atoms with Crippen LogP contribution in [-0.2, 0) is 0 Å². The van der Waals surface area contributed by atoms with Crippen LogP contribution in [0.1, 0.15) is 57.1 Å². The molecule has 0 saturated heterocycles. The summed E-state index contributed by atoms with van der Waals surface area (Å²) in [5.74, 6) is -0.215. The van der Waals surface area contributed by atoms with Gasteiger partial charge in [-0.3, -0.25) is 0 Å². The molecule has 19 heavy (non-hydrogen) atoms. The van der Waals surface area contributed by atoms with E-state index < -0.39 is 0 Å². The van der Waals surface area contributed by atoms with Gasteiger partial charge in [-0.05, 0) is 49.9 Å². The van der Waals surface area contributed by atoms with Crippen molar-refractivity contribution in [2.75, 3.05) is 6.54 Å². The molecule has 1 N–H and O–H groups in total. The number of halogens is 2. The summed E-state index contributed by atoms with van der Waals surface area (Å²) < 4.78 is 27.4. The molecule has 1 saturated carbocycles. The zero-order chi connectivity index (χ0) is 13.7. The number of rotatable bonds is 5. The van der Waals surface area contributed by atoms with Crippen molar-refractivity contribution in [3.63, 3.8) is 0 Å². The van der Waals surface area contributed by atoms with Crippen LogP contribution in [0.3, 0.4) is 0 Å². The van der Waals surface area contributed by atoms with Crippen molar-refractivity contribution in [3.8, 4) is 0 Å². The van der Waals surface area contributed by atoms with Crippen LogP contribution in [0.5, 0.6) is 0 Å². The summed E-state index contributed by atoms with van der Waals surface area (Å²) in [6.07, 6.45) is 6.88. The van der Waals surface area contributed by atoms with Crippen LogP contribution in [0, 0.1) is 17.6 Å². The van der Waals surface area contributed by atoms with Crippen LogP contribution in [0.25, 0.3) is 0 Å². The van der Waals surface area contributed by atoms with E-state index in [2.05, 4.69) is 12.2 Å². The molecule has 0 amide bonds. The summed E-state index contributed by atoms with van der Waals surface area (Å²) >= 11 is 0. The van der Waals surface area contributed by atoms with Crippen LogP contribution in [-0.4, -0.2) is 6.54 Å². The fourth-order valence-electron chi connectivity index (χ4n) is 3.05. The van der Waals surface area contributed by atoms with E-state index in [1.165, 1.54) is 37.5 Å². The van der Waals surface area contributed by atoms with Crippen molar-refractivity contribution in [1.29, 1.82) is 0 Å². The molecule has 1 aliphatic carbocycles.